The molecule has 0 aliphatic rings. The van der Waals surface area contributed by atoms with Gasteiger partial charge >= 0.3 is 17.9 Å². The number of aryl methyl sites for hydroxylation is 2. The Morgan fingerprint density at radius 1 is 0.710 bits per heavy atom. The smallest absolute Gasteiger partial charge is 0.348 e. The number of furan rings is 4. The van der Waals surface area contributed by atoms with E-state index in [4.69, 9.17) is 82.8 Å². The third-order valence-corrected chi connectivity index (χ3v) is 12.1. The van der Waals surface area contributed by atoms with Gasteiger partial charge in [0.2, 0.25) is 0 Å². The molecule has 0 saturated carbocycles. The second kappa shape index (κ2) is 34.6. The Bertz CT molecular complexity index is 2390. The van der Waals surface area contributed by atoms with E-state index in [0.717, 1.165) is 38.2 Å². The molecule has 0 aliphatic heterocycles. The molecule has 22 heteroatoms. The Morgan fingerprint density at radius 3 is 1.86 bits per heavy atom. The largest absolute Gasteiger partial charge is 0.497 e. The number of rotatable bonds is 16. The van der Waals surface area contributed by atoms with E-state index < -0.39 is 11.9 Å². The van der Waals surface area contributed by atoms with E-state index in [1.54, 1.807) is 52.5 Å². The summed E-state index contributed by atoms with van der Waals surface area (Å²) in [5.74, 6) is 4.98. The summed E-state index contributed by atoms with van der Waals surface area (Å²) in [5.41, 5.74) is 3.71. The van der Waals surface area contributed by atoms with Gasteiger partial charge < -0.3 is 45.9 Å². The van der Waals surface area contributed by atoms with Gasteiger partial charge in [0.15, 0.2) is 17.3 Å². The Morgan fingerprint density at radius 2 is 1.36 bits per heavy atom. The molecule has 0 bridgehead atoms. The number of thiophene rings is 1. The fraction of sp³-hybridized carbons (Fsp3) is 0.340. The van der Waals surface area contributed by atoms with Gasteiger partial charge in [0.05, 0.1) is 87.8 Å². The number of carbonyl (C=O) groups is 4. The molecule has 0 radical (unpaired) electrons. The normalized spacial score (nSPS) is 9.83. The van der Waals surface area contributed by atoms with E-state index in [2.05, 4.69) is 59.6 Å². The summed E-state index contributed by atoms with van der Waals surface area (Å²) in [7, 11) is 5.85. The minimum Gasteiger partial charge on any atom is -0.497 e. The number of hydrogen-bond acceptors (Lipinski definition) is 16. The Hall–Kier alpha value is -4.69. The van der Waals surface area contributed by atoms with Crippen molar-refractivity contribution in [3.05, 3.63) is 146 Å². The SMILES string of the molecule is C=C(OC)c1cc(CCl)oc1C.C=C(OC)c1occc1CBr.CCC(=O)c1ccoc1CCl.CCOC(=O)c1c(CCl)noc1C.COC(=O)c1ccc(CBr)s1.COC(=O)c1coc(CCl)c1. The van der Waals surface area contributed by atoms with Gasteiger partial charge in [-0.25, -0.2) is 14.4 Å². The molecule has 6 rings (SSSR count). The summed E-state index contributed by atoms with van der Waals surface area (Å²) >= 11 is 30.2. The minimum atomic E-state index is -0.433. The molecule has 69 heavy (non-hydrogen) atoms. The van der Waals surface area contributed by atoms with E-state index in [1.807, 2.05) is 32.0 Å². The topological polar surface area (TPSA) is 193 Å². The molecule has 0 aliphatic carbocycles. The van der Waals surface area contributed by atoms with E-state index in [1.165, 1.54) is 38.1 Å². The van der Waals surface area contributed by atoms with Gasteiger partial charge in [-0.2, -0.15) is 0 Å². The molecular weight excluding hydrogens is 1140 g/mol. The zero-order valence-electron chi connectivity index (χ0n) is 39.1. The van der Waals surface area contributed by atoms with Crippen molar-refractivity contribution in [1.82, 2.24) is 5.16 Å². The zero-order valence-corrected chi connectivity index (χ0v) is 46.1. The maximum absolute atomic E-state index is 11.3. The second-order valence-electron chi connectivity index (χ2n) is 12.9. The second-order valence-corrected chi connectivity index (χ2v) is 16.2. The van der Waals surface area contributed by atoms with Crippen LogP contribution in [0.3, 0.4) is 0 Å². The molecule has 6 aromatic heterocycles. The predicted octanol–water partition coefficient (Wildman–Crippen LogP) is 14.5. The van der Waals surface area contributed by atoms with Gasteiger partial charge in [-0.15, -0.1) is 57.7 Å². The molecule has 0 fully saturated rings. The lowest BCUT2D eigenvalue weighted by Gasteiger charge is -2.00. The number of aromatic nitrogens is 1. The third-order valence-electron chi connectivity index (χ3n) is 8.45. The van der Waals surface area contributed by atoms with E-state index >= 15 is 0 Å². The van der Waals surface area contributed by atoms with Crippen molar-refractivity contribution in [3.8, 4) is 0 Å². The van der Waals surface area contributed by atoms with Crippen molar-refractivity contribution < 1.29 is 65.1 Å². The van der Waals surface area contributed by atoms with Crippen molar-refractivity contribution >= 4 is 125 Å². The van der Waals surface area contributed by atoms with Crippen LogP contribution in [-0.2, 0) is 57.9 Å². The minimum absolute atomic E-state index is 0.0781. The first-order valence-corrected chi connectivity index (χ1v) is 25.3. The van der Waals surface area contributed by atoms with Gasteiger partial charge in [-0.05, 0) is 57.2 Å². The number of halogens is 6. The average molecular weight is 1190 g/mol. The van der Waals surface area contributed by atoms with Crippen molar-refractivity contribution in [1.29, 1.82) is 0 Å². The molecule has 378 valence electrons. The number of hydrogen-bond donors (Lipinski definition) is 0. The van der Waals surface area contributed by atoms with Crippen LogP contribution in [-0.4, -0.2) is 63.9 Å². The molecular formula is C47H53Br2Cl4NO14S. The highest BCUT2D eigenvalue weighted by atomic mass is 79.9. The van der Waals surface area contributed by atoms with Crippen LogP contribution in [0.2, 0.25) is 0 Å². The van der Waals surface area contributed by atoms with Crippen LogP contribution in [0.5, 0.6) is 0 Å². The first kappa shape index (κ1) is 62.3. The fourth-order valence-corrected chi connectivity index (χ4v) is 7.38. The molecule has 0 aromatic carbocycles. The van der Waals surface area contributed by atoms with Crippen molar-refractivity contribution in [3.63, 3.8) is 0 Å². The lowest BCUT2D eigenvalue weighted by molar-refractivity contribution is 0.0521. The van der Waals surface area contributed by atoms with Gasteiger partial charge in [0, 0.05) is 27.5 Å². The summed E-state index contributed by atoms with van der Waals surface area (Å²) in [6, 6.07) is 10.6. The number of ether oxygens (including phenoxy) is 5. The van der Waals surface area contributed by atoms with Crippen LogP contribution in [0.1, 0.15) is 117 Å². The van der Waals surface area contributed by atoms with Crippen molar-refractivity contribution in [2.45, 2.75) is 68.3 Å². The van der Waals surface area contributed by atoms with Crippen LogP contribution >= 0.6 is 89.6 Å². The van der Waals surface area contributed by atoms with Crippen molar-refractivity contribution in [2.75, 3.05) is 35.0 Å². The maximum atomic E-state index is 11.3. The van der Waals surface area contributed by atoms with Gasteiger partial charge in [0.1, 0.15) is 57.0 Å². The lowest BCUT2D eigenvalue weighted by atomic mass is 10.1. The van der Waals surface area contributed by atoms with Gasteiger partial charge in [-0.1, -0.05) is 57.1 Å². The number of Topliss-reactive ketones (excluding diaryl/α,β-unsaturated/α-hetero) is 1. The number of esters is 3. The van der Waals surface area contributed by atoms with Gasteiger partial charge in [0.25, 0.3) is 0 Å². The molecule has 0 unspecified atom stereocenters. The number of methoxy groups -OCH3 is 4. The van der Waals surface area contributed by atoms with Crippen LogP contribution in [0.15, 0.2) is 90.5 Å². The predicted molar refractivity (Wildman–Crippen MR) is 274 cm³/mol. The summed E-state index contributed by atoms with van der Waals surface area (Å²) < 4.78 is 48.9. The van der Waals surface area contributed by atoms with E-state index in [9.17, 15) is 19.2 Å². The summed E-state index contributed by atoms with van der Waals surface area (Å²) in [6.45, 7) is 14.8. The van der Waals surface area contributed by atoms with Crippen molar-refractivity contribution in [2.24, 2.45) is 0 Å². The summed E-state index contributed by atoms with van der Waals surface area (Å²) in [4.78, 5) is 46.0. The number of carbonyl (C=O) groups excluding carboxylic acids is 4. The van der Waals surface area contributed by atoms with Crippen LogP contribution in [0, 0.1) is 13.8 Å². The average Bonchev–Trinajstić information content (AvgIpc) is 4.25. The highest BCUT2D eigenvalue weighted by Gasteiger charge is 2.20. The molecule has 0 saturated heterocycles. The highest BCUT2D eigenvalue weighted by molar-refractivity contribution is 9.08. The third kappa shape index (κ3) is 20.7. The van der Waals surface area contributed by atoms with Gasteiger partial charge in [-0.3, -0.25) is 4.79 Å². The van der Waals surface area contributed by atoms with Crippen LogP contribution < -0.4 is 0 Å². The van der Waals surface area contributed by atoms with E-state index in [0.29, 0.717) is 80.7 Å². The highest BCUT2D eigenvalue weighted by Crippen LogP contribution is 2.24. The molecule has 0 amide bonds. The molecule has 15 nitrogen and oxygen atoms in total. The molecule has 0 N–H and O–H groups in total. The Labute approximate surface area is 441 Å². The monoisotopic (exact) mass is 1190 g/mol. The van der Waals surface area contributed by atoms with E-state index in [-0.39, 0.29) is 29.4 Å². The maximum Gasteiger partial charge on any atom is 0.348 e. The van der Waals surface area contributed by atoms with Crippen LogP contribution in [0.25, 0.3) is 11.5 Å². The fourth-order valence-electron chi connectivity index (χ4n) is 4.97. The molecule has 6 heterocycles. The molecule has 6 aromatic rings. The Kier molecular flexibility index (Phi) is 31.2. The standard InChI is InChI=1S/C9H11ClO2.C8H9BrO2.C8H10ClNO3.C8H9ClO2.C7H7BrO2S.C7H7ClO3/c1-6(11-3)9-4-8(5-10)12-7(9)2;1-6(10-2)8-7(5-9)3-4-11-8;1-3-12-8(11)7-5(2)13-10-6(7)4-9;1-2-7(10)6-3-4-11-8(6)5-9;1-10-7(9)6-3-2-5(4-8)11-6;1-10-7(9)5-2-6(3-8)11-4-5/h4H,1,5H2,2-3H3;3-4H,1,5H2,2H3;3-4H2,1-2H3;3-4H,2,5H2,1H3;2-3H,4H2,1H3;2,4H,3H2,1H3. The first-order valence-electron chi connectivity index (χ1n) is 20.1. The number of ketones is 1. The quantitative estimate of drug-likeness (QED) is 0.0292. The molecule has 0 atom stereocenters. The number of alkyl halides is 6. The first-order chi connectivity index (χ1) is 33.0. The zero-order chi connectivity index (χ0) is 52.1. The Balaban J connectivity index is 0.000000414. The number of nitrogens with zero attached hydrogens (tertiary/aromatic N) is 1. The lowest BCUT2D eigenvalue weighted by Crippen LogP contribution is -2.07. The summed E-state index contributed by atoms with van der Waals surface area (Å²) in [5, 5.41) is 5.17. The molecule has 0 spiro atoms. The van der Waals surface area contributed by atoms with Crippen LogP contribution in [0.4, 0.5) is 0 Å². The summed E-state index contributed by atoms with van der Waals surface area (Å²) in [6.07, 6.45) is 4.92.